The molecule has 6 N–H and O–H groups in total. The van der Waals surface area contributed by atoms with Gasteiger partial charge in [-0.1, -0.05) is 129 Å². The van der Waals surface area contributed by atoms with Crippen LogP contribution >= 0.6 is 15.6 Å². The van der Waals surface area contributed by atoms with Crippen LogP contribution in [0.25, 0.3) is 0 Å². The number of phosphoric acid groups is 2. The van der Waals surface area contributed by atoms with Crippen LogP contribution in [0.5, 0.6) is 0 Å². The van der Waals surface area contributed by atoms with E-state index in [0.717, 1.165) is 50.9 Å². The average molecular weight is 899 g/mol. The fourth-order valence-electron chi connectivity index (χ4n) is 6.69. The molecule has 0 aromatic rings. The third-order valence-corrected chi connectivity index (χ3v) is 11.6. The van der Waals surface area contributed by atoms with Crippen LogP contribution in [-0.2, 0) is 46.6 Å². The summed E-state index contributed by atoms with van der Waals surface area (Å²) in [6, 6.07) is 0. The maximum Gasteiger partial charge on any atom is 0.472 e. The van der Waals surface area contributed by atoms with Crippen molar-refractivity contribution in [2.24, 2.45) is 17.8 Å². The van der Waals surface area contributed by atoms with Crippen molar-refractivity contribution in [1.82, 2.24) is 0 Å². The standard InChI is InChI=1S/C42H76O16P2/c1-4-5-16-22-34(43)26-27-38-37(39(45)28-40(38)46)23-18-14-15-19-24-41(47)54-31-36(32-57-60(52,53)56-30-35(44)29-55-59(49,50)51)58-42(48)25-20-13-11-9-7-6-8-10-12-17-21-33(2)3/h14,18,26-27,33-38,40,43-44,46H,4-13,15-17,19-25,28-32H2,1-3H3,(H,52,53)(H2,49,50,51)/b18-14-,27-26+/t34-,35-,36+,37+,38+,40+/m0/s1. The fourth-order valence-corrected chi connectivity index (χ4v) is 7.85. The average Bonchev–Trinajstić information content (AvgIpc) is 3.45. The molecule has 1 aliphatic carbocycles. The Morgan fingerprint density at radius 3 is 1.97 bits per heavy atom. The number of aliphatic hydroxyl groups excluding tert-OH is 3. The molecule has 0 saturated heterocycles. The molecule has 7 atom stereocenters. The highest BCUT2D eigenvalue weighted by molar-refractivity contribution is 7.47. The van der Waals surface area contributed by atoms with Crippen LogP contribution in [0.2, 0.25) is 0 Å². The number of carbonyl (C=O) groups excluding carboxylic acids is 3. The SMILES string of the molecule is CCCCC[C@H](O)/C=C/[C@H]1[C@H](O)CC(=O)[C@@H]1C/C=C\CCCC(=O)OC[C@H](COP(=O)(O)OC[C@@H](O)COP(=O)(O)O)OC(=O)CCCCCCCCCCCCC(C)C. The minimum absolute atomic E-state index is 0.00251. The number of carbonyl (C=O) groups is 3. The number of unbranched alkanes of at least 4 members (excludes halogenated alkanes) is 12. The highest BCUT2D eigenvalue weighted by Crippen LogP contribution is 2.44. The van der Waals surface area contributed by atoms with Crippen molar-refractivity contribution in [2.75, 3.05) is 26.4 Å². The lowest BCUT2D eigenvalue weighted by molar-refractivity contribution is -0.161. The van der Waals surface area contributed by atoms with Gasteiger partial charge < -0.3 is 39.5 Å². The van der Waals surface area contributed by atoms with Crippen molar-refractivity contribution in [3.8, 4) is 0 Å². The normalized spacial score (nSPS) is 19.9. The number of ketones is 1. The van der Waals surface area contributed by atoms with E-state index < -0.39 is 84.3 Å². The van der Waals surface area contributed by atoms with Crippen LogP contribution in [0, 0.1) is 17.8 Å². The summed E-state index contributed by atoms with van der Waals surface area (Å²) in [5.74, 6) is -1.31. The second-order valence-corrected chi connectivity index (χ2v) is 18.9. The van der Waals surface area contributed by atoms with Crippen LogP contribution < -0.4 is 0 Å². The summed E-state index contributed by atoms with van der Waals surface area (Å²) >= 11 is 0. The number of hydrogen-bond donors (Lipinski definition) is 6. The molecule has 0 amide bonds. The van der Waals surface area contributed by atoms with Crippen LogP contribution in [0.4, 0.5) is 0 Å². The Hall–Kier alpha value is -1.81. The zero-order valence-electron chi connectivity index (χ0n) is 36.2. The van der Waals surface area contributed by atoms with Crippen LogP contribution in [0.1, 0.15) is 156 Å². The van der Waals surface area contributed by atoms with Gasteiger partial charge in [-0.2, -0.15) is 0 Å². The minimum atomic E-state index is -4.89. The first kappa shape index (κ1) is 56.2. The van der Waals surface area contributed by atoms with Crippen molar-refractivity contribution < 1.29 is 76.6 Å². The lowest BCUT2D eigenvalue weighted by Gasteiger charge is -2.20. The molecule has 16 nitrogen and oxygen atoms in total. The Morgan fingerprint density at radius 2 is 1.33 bits per heavy atom. The minimum Gasteiger partial charge on any atom is -0.462 e. The molecule has 0 aromatic heterocycles. The Balaban J connectivity index is 2.58. The van der Waals surface area contributed by atoms with Gasteiger partial charge in [0.2, 0.25) is 0 Å². The molecule has 1 rings (SSSR count). The second kappa shape index (κ2) is 32.8. The van der Waals surface area contributed by atoms with Crippen molar-refractivity contribution in [3.05, 3.63) is 24.3 Å². The summed E-state index contributed by atoms with van der Waals surface area (Å²) in [4.78, 5) is 65.4. The number of aliphatic hydroxyl groups is 3. The van der Waals surface area contributed by atoms with Crippen molar-refractivity contribution >= 4 is 33.4 Å². The zero-order chi connectivity index (χ0) is 44.8. The Morgan fingerprint density at radius 1 is 0.750 bits per heavy atom. The van der Waals surface area contributed by atoms with Crippen LogP contribution in [0.3, 0.4) is 0 Å². The lowest BCUT2D eigenvalue weighted by atomic mass is 9.90. The van der Waals surface area contributed by atoms with Crippen molar-refractivity contribution in [1.29, 1.82) is 0 Å². The van der Waals surface area contributed by atoms with E-state index >= 15 is 0 Å². The van der Waals surface area contributed by atoms with E-state index in [9.17, 15) is 43.7 Å². The van der Waals surface area contributed by atoms with E-state index in [1.165, 1.54) is 38.5 Å². The maximum atomic E-state index is 12.7. The number of ether oxygens (including phenoxy) is 2. The van der Waals surface area contributed by atoms with Gasteiger partial charge in [0.15, 0.2) is 6.10 Å². The first-order chi connectivity index (χ1) is 28.4. The first-order valence-electron chi connectivity index (χ1n) is 22.0. The molecule has 0 aliphatic heterocycles. The second-order valence-electron chi connectivity index (χ2n) is 16.2. The number of esters is 2. The van der Waals surface area contributed by atoms with Gasteiger partial charge in [-0.15, -0.1) is 0 Å². The smallest absolute Gasteiger partial charge is 0.462 e. The predicted molar refractivity (Wildman–Crippen MR) is 226 cm³/mol. The Bertz CT molecular complexity index is 1330. The van der Waals surface area contributed by atoms with E-state index in [0.29, 0.717) is 32.1 Å². The first-order valence-corrected chi connectivity index (χ1v) is 25.0. The molecule has 0 bridgehead atoms. The number of phosphoric ester groups is 2. The van der Waals surface area contributed by atoms with E-state index in [4.69, 9.17) is 23.8 Å². The summed E-state index contributed by atoms with van der Waals surface area (Å²) < 4.78 is 47.7. The molecular formula is C42H76O16P2. The molecule has 0 radical (unpaired) electrons. The summed E-state index contributed by atoms with van der Waals surface area (Å²) in [5.41, 5.74) is 0. The third-order valence-electron chi connectivity index (χ3n) is 10.1. The van der Waals surface area contributed by atoms with Gasteiger partial charge in [0.25, 0.3) is 0 Å². The molecule has 18 heteroatoms. The topological polar surface area (TPSA) is 253 Å². The van der Waals surface area contributed by atoms with Gasteiger partial charge in [0.1, 0.15) is 18.5 Å². The van der Waals surface area contributed by atoms with Gasteiger partial charge >= 0.3 is 27.6 Å². The Kier molecular flexibility index (Phi) is 30.7. The van der Waals surface area contributed by atoms with E-state index in [1.54, 1.807) is 12.2 Å². The summed E-state index contributed by atoms with van der Waals surface area (Å²) in [5, 5.41) is 30.4. The Labute approximate surface area is 357 Å². The third kappa shape index (κ3) is 30.3. The lowest BCUT2D eigenvalue weighted by Crippen LogP contribution is -2.30. The van der Waals surface area contributed by atoms with Gasteiger partial charge in [-0.05, 0) is 38.0 Å². The molecule has 1 fully saturated rings. The van der Waals surface area contributed by atoms with Crippen LogP contribution in [-0.4, -0.2) is 98.6 Å². The van der Waals surface area contributed by atoms with E-state index in [1.807, 2.05) is 12.2 Å². The molecule has 0 spiro atoms. The summed E-state index contributed by atoms with van der Waals surface area (Å²) in [6.07, 6.45) is 19.9. The van der Waals surface area contributed by atoms with Gasteiger partial charge in [0.05, 0.1) is 32.0 Å². The van der Waals surface area contributed by atoms with Crippen molar-refractivity contribution in [2.45, 2.75) is 180 Å². The number of allylic oxidation sites excluding steroid dienone is 2. The number of rotatable bonds is 37. The molecule has 350 valence electrons. The summed E-state index contributed by atoms with van der Waals surface area (Å²) in [7, 11) is -9.76. The largest absolute Gasteiger partial charge is 0.472 e. The van der Waals surface area contributed by atoms with Gasteiger partial charge in [0, 0.05) is 31.1 Å². The zero-order valence-corrected chi connectivity index (χ0v) is 38.0. The van der Waals surface area contributed by atoms with E-state index in [2.05, 4.69) is 29.8 Å². The molecule has 60 heavy (non-hydrogen) atoms. The summed E-state index contributed by atoms with van der Waals surface area (Å²) in [6.45, 7) is 3.63. The molecule has 1 aliphatic rings. The fraction of sp³-hybridized carbons (Fsp3) is 0.833. The van der Waals surface area contributed by atoms with Crippen molar-refractivity contribution in [3.63, 3.8) is 0 Å². The quantitative estimate of drug-likeness (QED) is 0.0152. The number of Topliss-reactive ketones (excluding diaryl/α,β-unsaturated/α-hetero) is 1. The molecular weight excluding hydrogens is 822 g/mol. The molecule has 1 unspecified atom stereocenters. The molecule has 0 heterocycles. The molecule has 0 aromatic carbocycles. The monoisotopic (exact) mass is 898 g/mol. The number of hydrogen-bond acceptors (Lipinski definition) is 13. The molecule has 1 saturated carbocycles. The highest BCUT2D eigenvalue weighted by Gasteiger charge is 2.39. The van der Waals surface area contributed by atoms with E-state index in [-0.39, 0.29) is 31.0 Å². The predicted octanol–water partition coefficient (Wildman–Crippen LogP) is 7.56. The van der Waals surface area contributed by atoms with Crippen LogP contribution in [0.15, 0.2) is 24.3 Å². The maximum absolute atomic E-state index is 12.7. The van der Waals surface area contributed by atoms with Gasteiger partial charge in [-0.25, -0.2) is 9.13 Å². The highest BCUT2D eigenvalue weighted by atomic mass is 31.2. The van der Waals surface area contributed by atoms with Gasteiger partial charge in [-0.3, -0.25) is 28.0 Å².